The number of esters is 2. The minimum Gasteiger partial charge on any atom is -0.468 e. The van der Waals surface area contributed by atoms with Crippen LogP contribution >= 0.6 is 0 Å². The van der Waals surface area contributed by atoms with Crippen LogP contribution in [0.3, 0.4) is 0 Å². The van der Waals surface area contributed by atoms with Crippen molar-refractivity contribution >= 4 is 11.9 Å². The summed E-state index contributed by atoms with van der Waals surface area (Å²) in [6.07, 6.45) is 6.71. The highest BCUT2D eigenvalue weighted by atomic mass is 16.7. The van der Waals surface area contributed by atoms with Crippen molar-refractivity contribution in [2.45, 2.75) is 63.9 Å². The first-order valence-electron chi connectivity index (χ1n) is 12.1. The first kappa shape index (κ1) is 24.4. The summed E-state index contributed by atoms with van der Waals surface area (Å²) in [7, 11) is 2.83. The number of carbonyl (C=O) groups excluding carboxylic acids is 2. The van der Waals surface area contributed by atoms with Gasteiger partial charge in [0.05, 0.1) is 50.0 Å². The largest absolute Gasteiger partial charge is 0.468 e. The zero-order valence-electron chi connectivity index (χ0n) is 20.3. The van der Waals surface area contributed by atoms with Gasteiger partial charge in [0.2, 0.25) is 0 Å². The van der Waals surface area contributed by atoms with E-state index in [0.29, 0.717) is 26.1 Å². The molecule has 4 rings (SSSR count). The topological polar surface area (TPSA) is 83.6 Å². The second-order valence-electron chi connectivity index (χ2n) is 10.6. The van der Waals surface area contributed by atoms with Gasteiger partial charge in [0.1, 0.15) is 0 Å². The van der Waals surface area contributed by atoms with E-state index in [1.54, 1.807) is 12.2 Å². The monoisotopic (exact) mass is 462 g/mol. The summed E-state index contributed by atoms with van der Waals surface area (Å²) >= 11 is 0. The summed E-state index contributed by atoms with van der Waals surface area (Å²) in [5.41, 5.74) is -1.92. The van der Waals surface area contributed by atoms with Gasteiger partial charge in [-0.05, 0) is 63.7 Å². The third kappa shape index (κ3) is 3.76. The quantitative estimate of drug-likeness (QED) is 0.309. The molecular formula is C26H38O7. The predicted octanol–water partition coefficient (Wildman–Crippen LogP) is 3.67. The van der Waals surface area contributed by atoms with Gasteiger partial charge in [-0.25, -0.2) is 0 Å². The summed E-state index contributed by atoms with van der Waals surface area (Å²) in [4.78, 5) is 26.6. The lowest BCUT2D eigenvalue weighted by atomic mass is 9.50. The lowest BCUT2D eigenvalue weighted by Crippen LogP contribution is -2.56. The molecular weight excluding hydrogens is 424 g/mol. The smallest absolute Gasteiger partial charge is 0.315 e. The van der Waals surface area contributed by atoms with Gasteiger partial charge in [-0.2, -0.15) is 0 Å². The molecule has 7 atom stereocenters. The van der Waals surface area contributed by atoms with Crippen molar-refractivity contribution in [3.8, 4) is 0 Å². The predicted molar refractivity (Wildman–Crippen MR) is 121 cm³/mol. The van der Waals surface area contributed by atoms with Gasteiger partial charge in [0, 0.05) is 5.92 Å². The lowest BCUT2D eigenvalue weighted by molar-refractivity contribution is -0.179. The highest BCUT2D eigenvalue weighted by Crippen LogP contribution is 2.66. The fraction of sp³-hybridized carbons (Fsp3) is 0.769. The summed E-state index contributed by atoms with van der Waals surface area (Å²) in [6.45, 7) is 13.4. The van der Waals surface area contributed by atoms with Crippen molar-refractivity contribution in [3.63, 3.8) is 0 Å². The third-order valence-electron chi connectivity index (χ3n) is 8.89. The molecule has 2 aliphatic carbocycles. The number of rotatable bonds is 8. The van der Waals surface area contributed by atoms with E-state index >= 15 is 0 Å². The Bertz CT molecular complexity index is 800. The molecule has 4 fully saturated rings. The van der Waals surface area contributed by atoms with E-state index in [1.165, 1.54) is 14.2 Å². The molecule has 33 heavy (non-hydrogen) atoms. The van der Waals surface area contributed by atoms with Crippen LogP contribution in [0.2, 0.25) is 0 Å². The molecule has 7 heteroatoms. The number of ether oxygens (including phenoxy) is 5. The number of fused-ring (bicyclic) bond motifs is 1. The maximum absolute atomic E-state index is 13.3. The first-order chi connectivity index (χ1) is 15.7. The van der Waals surface area contributed by atoms with Crippen molar-refractivity contribution in [2.75, 3.05) is 27.4 Å². The maximum atomic E-state index is 13.3. The zero-order chi connectivity index (χ0) is 24.0. The van der Waals surface area contributed by atoms with Gasteiger partial charge < -0.3 is 23.7 Å². The van der Waals surface area contributed by atoms with Gasteiger partial charge in [0.15, 0.2) is 6.29 Å². The highest BCUT2D eigenvalue weighted by molar-refractivity contribution is 5.83. The molecule has 0 aromatic carbocycles. The van der Waals surface area contributed by atoms with E-state index in [9.17, 15) is 9.59 Å². The van der Waals surface area contributed by atoms with Crippen LogP contribution in [0.25, 0.3) is 0 Å². The maximum Gasteiger partial charge on any atom is 0.315 e. The Hall–Kier alpha value is -1.70. The third-order valence-corrected chi connectivity index (χ3v) is 8.89. The van der Waals surface area contributed by atoms with Gasteiger partial charge >= 0.3 is 11.9 Å². The van der Waals surface area contributed by atoms with Crippen LogP contribution in [-0.4, -0.2) is 57.4 Å². The molecule has 7 nitrogen and oxygen atoms in total. The normalized spacial score (nSPS) is 41.8. The molecule has 184 valence electrons. The molecule has 0 aromatic heterocycles. The van der Waals surface area contributed by atoms with E-state index in [2.05, 4.69) is 27.0 Å². The molecule has 0 aromatic rings. The van der Waals surface area contributed by atoms with Crippen molar-refractivity contribution in [3.05, 3.63) is 25.3 Å². The Balaban J connectivity index is 1.78. The molecule has 2 aliphatic heterocycles. The van der Waals surface area contributed by atoms with E-state index in [-0.39, 0.29) is 47.3 Å². The van der Waals surface area contributed by atoms with Crippen molar-refractivity contribution < 1.29 is 33.3 Å². The number of hydrogen-bond acceptors (Lipinski definition) is 7. The minimum absolute atomic E-state index is 0.0722. The molecule has 4 aliphatic rings. The Morgan fingerprint density at radius 2 is 1.45 bits per heavy atom. The van der Waals surface area contributed by atoms with E-state index in [4.69, 9.17) is 23.7 Å². The average molecular weight is 463 g/mol. The molecule has 2 saturated carbocycles. The molecule has 0 radical (unpaired) electrons. The van der Waals surface area contributed by atoms with Crippen LogP contribution in [0.1, 0.15) is 46.0 Å². The average Bonchev–Trinajstić information content (AvgIpc) is 3.21. The molecule has 0 bridgehead atoms. The van der Waals surface area contributed by atoms with Crippen molar-refractivity contribution in [1.29, 1.82) is 0 Å². The SMILES string of the molecule is C=C[C@@]1(C(=O)OC)CC[C@](C=C)(C(=O)OC)[C@@H]2[C@H]1[C@@H](CCC1OC1(C)C)C[C@H]2C1OCCO1. The minimum atomic E-state index is -0.927. The standard InChI is InChI=1S/C26H38O7/c1-7-25(22(27)29-5)11-12-26(8-2,23(28)30-6)20-17(21-31-13-14-32-21)15-16(19(20)25)9-10-18-24(3,4)33-18/h7-8,16-21H,1-2,9-15H2,3-6H3/t16-,17+,18?,19+,20-,25+,26-/m0/s1. The Morgan fingerprint density at radius 3 is 1.91 bits per heavy atom. The van der Waals surface area contributed by atoms with E-state index in [1.807, 2.05) is 0 Å². The van der Waals surface area contributed by atoms with Gasteiger partial charge in [-0.1, -0.05) is 12.2 Å². The second kappa shape index (κ2) is 8.82. The number of epoxide rings is 1. The fourth-order valence-corrected chi connectivity index (χ4v) is 7.20. The van der Waals surface area contributed by atoms with Crippen LogP contribution < -0.4 is 0 Å². The fourth-order valence-electron chi connectivity index (χ4n) is 7.20. The van der Waals surface area contributed by atoms with Crippen molar-refractivity contribution in [2.24, 2.45) is 34.5 Å². The van der Waals surface area contributed by atoms with Crippen LogP contribution in [-0.2, 0) is 33.3 Å². The van der Waals surface area contributed by atoms with Crippen molar-refractivity contribution in [1.82, 2.24) is 0 Å². The Labute approximate surface area is 196 Å². The number of carbonyl (C=O) groups is 2. The van der Waals surface area contributed by atoms with Crippen LogP contribution in [0.15, 0.2) is 25.3 Å². The first-order valence-corrected chi connectivity index (χ1v) is 12.1. The zero-order valence-corrected chi connectivity index (χ0v) is 20.3. The van der Waals surface area contributed by atoms with Gasteiger partial charge in [-0.3, -0.25) is 9.59 Å². The summed E-state index contributed by atoms with van der Waals surface area (Å²) in [6, 6.07) is 0. The van der Waals surface area contributed by atoms with Crippen LogP contribution in [0, 0.1) is 34.5 Å². The molecule has 2 saturated heterocycles. The van der Waals surface area contributed by atoms with Crippen LogP contribution in [0.5, 0.6) is 0 Å². The molecule has 0 amide bonds. The molecule has 2 heterocycles. The lowest BCUT2D eigenvalue weighted by Gasteiger charge is -2.52. The van der Waals surface area contributed by atoms with Gasteiger partial charge in [-0.15, -0.1) is 13.2 Å². The number of methoxy groups -OCH3 is 2. The highest BCUT2D eigenvalue weighted by Gasteiger charge is 2.68. The van der Waals surface area contributed by atoms with E-state index < -0.39 is 17.1 Å². The summed E-state index contributed by atoms with van der Waals surface area (Å²) < 4.78 is 28.4. The van der Waals surface area contributed by atoms with Crippen LogP contribution in [0.4, 0.5) is 0 Å². The van der Waals surface area contributed by atoms with Gasteiger partial charge in [0.25, 0.3) is 0 Å². The summed E-state index contributed by atoms with van der Waals surface area (Å²) in [5.74, 6) is -0.948. The molecule has 1 unspecified atom stereocenters. The Morgan fingerprint density at radius 1 is 0.939 bits per heavy atom. The molecule has 0 spiro atoms. The summed E-state index contributed by atoms with van der Waals surface area (Å²) in [5, 5.41) is 0. The number of hydrogen-bond donors (Lipinski definition) is 0. The van der Waals surface area contributed by atoms with E-state index in [0.717, 1.165) is 19.3 Å². The Kier molecular flexibility index (Phi) is 6.53. The second-order valence-corrected chi connectivity index (χ2v) is 10.6. The molecule has 0 N–H and O–H groups in total.